The Kier molecular flexibility index (Phi) is 3.38. The van der Waals surface area contributed by atoms with E-state index in [0.717, 1.165) is 19.5 Å². The standard InChI is InChI=1S/C12H17NO4/c1-8-5-6-13(7-10(8)16-2)11-4-3-9(17-11)12(14)15/h3-4,8,10H,5-7H2,1-2H3,(H,14,15). The van der Waals surface area contributed by atoms with Crippen molar-refractivity contribution in [3.63, 3.8) is 0 Å². The molecule has 1 aromatic heterocycles. The zero-order chi connectivity index (χ0) is 12.4. The fourth-order valence-corrected chi connectivity index (χ4v) is 2.15. The molecule has 0 aliphatic carbocycles. The van der Waals surface area contributed by atoms with E-state index in [1.54, 1.807) is 13.2 Å². The maximum atomic E-state index is 10.7. The second-order valence-electron chi connectivity index (χ2n) is 4.43. The molecule has 1 aliphatic heterocycles. The lowest BCUT2D eigenvalue weighted by atomic mass is 9.96. The number of carboxylic acids is 1. The summed E-state index contributed by atoms with van der Waals surface area (Å²) in [6.45, 7) is 3.77. The maximum Gasteiger partial charge on any atom is 0.371 e. The molecule has 0 amide bonds. The van der Waals surface area contributed by atoms with Gasteiger partial charge in [-0.2, -0.15) is 0 Å². The van der Waals surface area contributed by atoms with Crippen molar-refractivity contribution in [2.24, 2.45) is 5.92 Å². The Hall–Kier alpha value is -1.49. The first-order chi connectivity index (χ1) is 8.11. The minimum Gasteiger partial charge on any atom is -0.475 e. The average molecular weight is 239 g/mol. The number of hydrogen-bond donors (Lipinski definition) is 1. The van der Waals surface area contributed by atoms with Gasteiger partial charge < -0.3 is 19.2 Å². The van der Waals surface area contributed by atoms with E-state index >= 15 is 0 Å². The molecule has 0 saturated carbocycles. The molecular weight excluding hydrogens is 222 g/mol. The van der Waals surface area contributed by atoms with Crippen LogP contribution in [0.15, 0.2) is 16.5 Å². The quantitative estimate of drug-likeness (QED) is 0.872. The first-order valence-corrected chi connectivity index (χ1v) is 5.72. The molecule has 0 radical (unpaired) electrons. The van der Waals surface area contributed by atoms with Gasteiger partial charge in [0.05, 0.1) is 6.10 Å². The lowest BCUT2D eigenvalue weighted by Gasteiger charge is -2.35. The van der Waals surface area contributed by atoms with E-state index < -0.39 is 5.97 Å². The molecule has 2 atom stereocenters. The Morgan fingerprint density at radius 2 is 2.35 bits per heavy atom. The van der Waals surface area contributed by atoms with Crippen molar-refractivity contribution in [2.45, 2.75) is 19.4 Å². The smallest absolute Gasteiger partial charge is 0.371 e. The Balaban J connectivity index is 2.09. The van der Waals surface area contributed by atoms with E-state index in [1.165, 1.54) is 6.07 Å². The number of hydrogen-bond acceptors (Lipinski definition) is 4. The van der Waals surface area contributed by atoms with Crippen molar-refractivity contribution in [1.82, 2.24) is 0 Å². The van der Waals surface area contributed by atoms with Gasteiger partial charge in [0, 0.05) is 26.3 Å². The summed E-state index contributed by atoms with van der Waals surface area (Å²) in [6.07, 6.45) is 1.18. The van der Waals surface area contributed by atoms with Crippen LogP contribution in [0.1, 0.15) is 23.9 Å². The van der Waals surface area contributed by atoms with Crippen LogP contribution in [0, 0.1) is 5.92 Å². The first-order valence-electron chi connectivity index (χ1n) is 5.72. The number of methoxy groups -OCH3 is 1. The Bertz CT molecular complexity index is 401. The number of rotatable bonds is 3. The van der Waals surface area contributed by atoms with Gasteiger partial charge >= 0.3 is 5.97 Å². The largest absolute Gasteiger partial charge is 0.475 e. The number of nitrogens with zero attached hydrogens (tertiary/aromatic N) is 1. The van der Waals surface area contributed by atoms with Crippen LogP contribution in [0.3, 0.4) is 0 Å². The van der Waals surface area contributed by atoms with E-state index in [-0.39, 0.29) is 11.9 Å². The lowest BCUT2D eigenvalue weighted by Crippen LogP contribution is -2.43. The van der Waals surface area contributed by atoms with E-state index in [9.17, 15) is 4.79 Å². The SMILES string of the molecule is COC1CN(c2ccc(C(=O)O)o2)CCC1C. The number of anilines is 1. The third-order valence-electron chi connectivity index (χ3n) is 3.31. The van der Waals surface area contributed by atoms with Crippen molar-refractivity contribution in [3.05, 3.63) is 17.9 Å². The Labute approximate surface area is 100.0 Å². The van der Waals surface area contributed by atoms with Gasteiger partial charge in [0.2, 0.25) is 5.76 Å². The summed E-state index contributed by atoms with van der Waals surface area (Å²) in [5, 5.41) is 8.80. The molecule has 5 nitrogen and oxygen atoms in total. The Morgan fingerprint density at radius 1 is 1.59 bits per heavy atom. The van der Waals surface area contributed by atoms with E-state index in [2.05, 4.69) is 6.92 Å². The molecule has 2 heterocycles. The normalized spacial score (nSPS) is 24.9. The minimum absolute atomic E-state index is 0.0208. The van der Waals surface area contributed by atoms with Crippen molar-refractivity contribution >= 4 is 11.9 Å². The molecule has 0 aromatic carbocycles. The third-order valence-corrected chi connectivity index (χ3v) is 3.31. The van der Waals surface area contributed by atoms with Crippen LogP contribution < -0.4 is 4.90 Å². The highest BCUT2D eigenvalue weighted by Gasteiger charge is 2.27. The highest BCUT2D eigenvalue weighted by atomic mass is 16.5. The van der Waals surface area contributed by atoms with Gasteiger partial charge in [0.25, 0.3) is 0 Å². The van der Waals surface area contributed by atoms with Crippen molar-refractivity contribution < 1.29 is 19.1 Å². The van der Waals surface area contributed by atoms with Gasteiger partial charge in [-0.1, -0.05) is 6.92 Å². The summed E-state index contributed by atoms with van der Waals surface area (Å²) in [5.74, 6) is 0.0685. The number of piperidine rings is 1. The van der Waals surface area contributed by atoms with Crippen molar-refractivity contribution in [2.75, 3.05) is 25.1 Å². The number of aromatic carboxylic acids is 1. The summed E-state index contributed by atoms with van der Waals surface area (Å²) in [7, 11) is 1.70. The molecule has 1 fully saturated rings. The summed E-state index contributed by atoms with van der Waals surface area (Å²) in [4.78, 5) is 12.8. The van der Waals surface area contributed by atoms with Crippen LogP contribution in [-0.4, -0.2) is 37.4 Å². The molecule has 2 rings (SSSR count). The highest BCUT2D eigenvalue weighted by Crippen LogP contribution is 2.26. The highest BCUT2D eigenvalue weighted by molar-refractivity contribution is 5.84. The molecular formula is C12H17NO4. The molecule has 5 heteroatoms. The second-order valence-corrected chi connectivity index (χ2v) is 4.43. The van der Waals surface area contributed by atoms with Gasteiger partial charge in [-0.15, -0.1) is 0 Å². The molecule has 0 spiro atoms. The number of ether oxygens (including phenoxy) is 1. The molecule has 1 saturated heterocycles. The van der Waals surface area contributed by atoms with Crippen LogP contribution in [0.2, 0.25) is 0 Å². The summed E-state index contributed by atoms with van der Waals surface area (Å²) in [5.41, 5.74) is 0. The van der Waals surface area contributed by atoms with Crippen molar-refractivity contribution in [1.29, 1.82) is 0 Å². The lowest BCUT2D eigenvalue weighted by molar-refractivity contribution is 0.0486. The van der Waals surface area contributed by atoms with Gasteiger partial charge in [-0.25, -0.2) is 4.79 Å². The molecule has 94 valence electrons. The number of furan rings is 1. The molecule has 1 N–H and O–H groups in total. The molecule has 1 aliphatic rings. The fraction of sp³-hybridized carbons (Fsp3) is 0.583. The average Bonchev–Trinajstić information content (AvgIpc) is 2.79. The fourth-order valence-electron chi connectivity index (χ4n) is 2.15. The summed E-state index contributed by atoms with van der Waals surface area (Å²) < 4.78 is 10.7. The van der Waals surface area contributed by atoms with Gasteiger partial charge in [0.15, 0.2) is 5.88 Å². The Morgan fingerprint density at radius 3 is 2.94 bits per heavy atom. The van der Waals surface area contributed by atoms with Crippen LogP contribution in [0.25, 0.3) is 0 Å². The van der Waals surface area contributed by atoms with Crippen LogP contribution >= 0.6 is 0 Å². The van der Waals surface area contributed by atoms with Crippen LogP contribution in [0.5, 0.6) is 0 Å². The summed E-state index contributed by atoms with van der Waals surface area (Å²) >= 11 is 0. The molecule has 2 unspecified atom stereocenters. The molecule has 17 heavy (non-hydrogen) atoms. The third kappa shape index (κ3) is 2.44. The first kappa shape index (κ1) is 12.0. The zero-order valence-electron chi connectivity index (χ0n) is 10.0. The molecule has 1 aromatic rings. The number of carboxylic acid groups (broad SMARTS) is 1. The van der Waals surface area contributed by atoms with Gasteiger partial charge in [-0.05, 0) is 18.4 Å². The predicted octanol–water partition coefficient (Wildman–Crippen LogP) is 1.84. The number of carbonyl (C=O) groups is 1. The van der Waals surface area contributed by atoms with Crippen LogP contribution in [0.4, 0.5) is 5.88 Å². The van der Waals surface area contributed by atoms with E-state index in [0.29, 0.717) is 11.8 Å². The van der Waals surface area contributed by atoms with E-state index in [1.807, 2.05) is 4.90 Å². The van der Waals surface area contributed by atoms with Crippen LogP contribution in [-0.2, 0) is 4.74 Å². The molecule has 0 bridgehead atoms. The maximum absolute atomic E-state index is 10.7. The monoisotopic (exact) mass is 239 g/mol. The predicted molar refractivity (Wildman–Crippen MR) is 62.5 cm³/mol. The van der Waals surface area contributed by atoms with Gasteiger partial charge in [0.1, 0.15) is 0 Å². The second kappa shape index (κ2) is 4.79. The zero-order valence-corrected chi connectivity index (χ0v) is 10.0. The topological polar surface area (TPSA) is 62.9 Å². The minimum atomic E-state index is -1.04. The van der Waals surface area contributed by atoms with Gasteiger partial charge in [-0.3, -0.25) is 0 Å². The van der Waals surface area contributed by atoms with E-state index in [4.69, 9.17) is 14.3 Å². The van der Waals surface area contributed by atoms with Crippen molar-refractivity contribution in [3.8, 4) is 0 Å². The summed E-state index contributed by atoms with van der Waals surface area (Å²) in [6, 6.07) is 3.18.